The predicted octanol–water partition coefficient (Wildman–Crippen LogP) is 2.91. The number of hydrogen-bond acceptors (Lipinski definition) is 6. The summed E-state index contributed by atoms with van der Waals surface area (Å²) < 4.78 is 27.1. The Morgan fingerprint density at radius 3 is 2.63 bits per heavy atom. The van der Waals surface area contributed by atoms with Crippen molar-refractivity contribution in [1.82, 2.24) is 14.2 Å². The fourth-order valence-corrected chi connectivity index (χ4v) is 5.67. The first-order valence-corrected chi connectivity index (χ1v) is 11.2. The van der Waals surface area contributed by atoms with E-state index >= 15 is 0 Å². The number of aromatic nitrogens is 1. The van der Waals surface area contributed by atoms with Crippen molar-refractivity contribution >= 4 is 55.6 Å². The van der Waals surface area contributed by atoms with Crippen molar-refractivity contribution in [2.24, 2.45) is 0 Å². The number of piperazine rings is 1. The third-order valence-electron chi connectivity index (χ3n) is 4.09. The van der Waals surface area contributed by atoms with Gasteiger partial charge in [-0.3, -0.25) is 9.69 Å². The Balaban J connectivity index is 1.62. The van der Waals surface area contributed by atoms with Crippen molar-refractivity contribution in [2.45, 2.75) is 18.4 Å². The predicted molar refractivity (Wildman–Crippen MR) is 107 cm³/mol. The number of nitrogens with zero attached hydrogens (tertiary/aromatic N) is 3. The van der Waals surface area contributed by atoms with Crippen molar-refractivity contribution in [1.29, 1.82) is 0 Å². The van der Waals surface area contributed by atoms with Crippen LogP contribution in [0.25, 0.3) is 0 Å². The molecule has 0 aliphatic carbocycles. The molecule has 146 valence electrons. The van der Waals surface area contributed by atoms with Crippen LogP contribution in [-0.2, 0) is 21.4 Å². The zero-order chi connectivity index (χ0) is 19.6. The molecule has 0 spiro atoms. The zero-order valence-electron chi connectivity index (χ0n) is 14.5. The molecule has 2 aromatic rings. The number of sulfonamides is 1. The topological polar surface area (TPSA) is 82.6 Å². The highest BCUT2D eigenvalue weighted by Gasteiger charge is 2.30. The van der Waals surface area contributed by atoms with Crippen molar-refractivity contribution < 1.29 is 13.2 Å². The van der Waals surface area contributed by atoms with Crippen molar-refractivity contribution in [3.05, 3.63) is 39.3 Å². The Bertz CT molecular complexity index is 941. The maximum absolute atomic E-state index is 12.8. The number of halogens is 2. The van der Waals surface area contributed by atoms with E-state index in [-0.39, 0.29) is 20.8 Å². The molecule has 1 N–H and O–H groups in total. The summed E-state index contributed by atoms with van der Waals surface area (Å²) in [7, 11) is -3.69. The molecule has 1 aromatic heterocycles. The Labute approximate surface area is 171 Å². The van der Waals surface area contributed by atoms with E-state index in [9.17, 15) is 13.2 Å². The molecular weight excluding hydrogens is 431 g/mol. The first-order chi connectivity index (χ1) is 12.8. The second kappa shape index (κ2) is 8.42. The number of hydrogen-bond donors (Lipinski definition) is 1. The molecule has 0 atom stereocenters. The van der Waals surface area contributed by atoms with Crippen LogP contribution in [0.5, 0.6) is 0 Å². The molecule has 0 saturated carbocycles. The molecular formula is C16H18Cl2N4O3S2. The lowest BCUT2D eigenvalue weighted by Gasteiger charge is -2.33. The number of benzene rings is 1. The van der Waals surface area contributed by atoms with Gasteiger partial charge < -0.3 is 5.32 Å². The molecule has 1 aromatic carbocycles. The quantitative estimate of drug-likeness (QED) is 0.759. The van der Waals surface area contributed by atoms with Crippen molar-refractivity contribution in [3.63, 3.8) is 0 Å². The van der Waals surface area contributed by atoms with Gasteiger partial charge in [-0.15, -0.1) is 11.3 Å². The molecule has 0 bridgehead atoms. The third-order valence-corrected chi connectivity index (χ3v) is 7.76. The van der Waals surface area contributed by atoms with E-state index < -0.39 is 10.0 Å². The second-order valence-electron chi connectivity index (χ2n) is 6.06. The number of rotatable bonds is 5. The molecule has 2 heterocycles. The van der Waals surface area contributed by atoms with Gasteiger partial charge in [0.2, 0.25) is 15.9 Å². The molecule has 1 fully saturated rings. The van der Waals surface area contributed by atoms with E-state index in [2.05, 4.69) is 15.2 Å². The fraction of sp³-hybridized carbons (Fsp3) is 0.375. The lowest BCUT2D eigenvalue weighted by molar-refractivity contribution is -0.114. The summed E-state index contributed by atoms with van der Waals surface area (Å²) in [6.45, 7) is 3.89. The molecule has 1 aliphatic rings. The molecule has 11 heteroatoms. The number of thiazole rings is 1. The Hall–Kier alpha value is -1.23. The van der Waals surface area contributed by atoms with Crippen LogP contribution in [0.4, 0.5) is 5.13 Å². The molecule has 3 rings (SSSR count). The van der Waals surface area contributed by atoms with Gasteiger partial charge in [-0.25, -0.2) is 13.4 Å². The molecule has 0 radical (unpaired) electrons. The highest BCUT2D eigenvalue weighted by Crippen LogP contribution is 2.31. The van der Waals surface area contributed by atoms with Crippen LogP contribution in [0.15, 0.2) is 28.5 Å². The van der Waals surface area contributed by atoms with Crippen LogP contribution in [0.1, 0.15) is 12.6 Å². The van der Waals surface area contributed by atoms with Gasteiger partial charge in [-0.05, 0) is 12.1 Å². The average Bonchev–Trinajstić information content (AvgIpc) is 3.03. The Morgan fingerprint density at radius 2 is 1.96 bits per heavy atom. The van der Waals surface area contributed by atoms with Gasteiger partial charge in [0, 0.05) is 45.0 Å². The summed E-state index contributed by atoms with van der Waals surface area (Å²) in [6, 6.07) is 4.60. The summed E-state index contributed by atoms with van der Waals surface area (Å²) in [6.07, 6.45) is 0. The first-order valence-electron chi connectivity index (χ1n) is 8.16. The first kappa shape index (κ1) is 20.5. The van der Waals surface area contributed by atoms with Gasteiger partial charge in [0.25, 0.3) is 0 Å². The Kier molecular flexibility index (Phi) is 6.39. The van der Waals surface area contributed by atoms with E-state index in [4.69, 9.17) is 23.2 Å². The lowest BCUT2D eigenvalue weighted by atomic mass is 10.3. The highest BCUT2D eigenvalue weighted by molar-refractivity contribution is 7.89. The second-order valence-corrected chi connectivity index (χ2v) is 9.61. The van der Waals surface area contributed by atoms with Crippen LogP contribution in [0.3, 0.4) is 0 Å². The van der Waals surface area contributed by atoms with Gasteiger partial charge in [0.05, 0.1) is 15.7 Å². The van der Waals surface area contributed by atoms with Gasteiger partial charge in [0.15, 0.2) is 5.13 Å². The van der Waals surface area contributed by atoms with Crippen LogP contribution < -0.4 is 5.32 Å². The van der Waals surface area contributed by atoms with Gasteiger partial charge >= 0.3 is 0 Å². The Morgan fingerprint density at radius 1 is 1.26 bits per heavy atom. The summed E-state index contributed by atoms with van der Waals surface area (Å²) in [5.74, 6) is -0.158. The highest BCUT2D eigenvalue weighted by atomic mass is 35.5. The lowest BCUT2D eigenvalue weighted by Crippen LogP contribution is -2.48. The number of anilines is 1. The molecule has 7 nitrogen and oxygen atoms in total. The number of carbonyl (C=O) groups excluding carboxylic acids is 1. The van der Waals surface area contributed by atoms with E-state index in [1.165, 1.54) is 28.6 Å². The van der Waals surface area contributed by atoms with E-state index in [0.717, 1.165) is 5.69 Å². The molecule has 1 aliphatic heterocycles. The zero-order valence-corrected chi connectivity index (χ0v) is 17.6. The van der Waals surface area contributed by atoms with E-state index in [0.29, 0.717) is 37.9 Å². The largest absolute Gasteiger partial charge is 0.302 e. The minimum absolute atomic E-state index is 0.0320. The maximum Gasteiger partial charge on any atom is 0.244 e. The number of carbonyl (C=O) groups is 1. The van der Waals surface area contributed by atoms with Crippen LogP contribution >= 0.6 is 34.5 Å². The normalized spacial score (nSPS) is 16.4. The summed E-state index contributed by atoms with van der Waals surface area (Å²) >= 11 is 13.4. The van der Waals surface area contributed by atoms with Gasteiger partial charge in [-0.1, -0.05) is 29.3 Å². The minimum atomic E-state index is -3.69. The van der Waals surface area contributed by atoms with Crippen LogP contribution in [0, 0.1) is 0 Å². The van der Waals surface area contributed by atoms with Gasteiger partial charge in [-0.2, -0.15) is 4.31 Å². The monoisotopic (exact) mass is 448 g/mol. The fourth-order valence-electron chi connectivity index (χ4n) is 2.77. The van der Waals surface area contributed by atoms with Crippen LogP contribution in [0.2, 0.25) is 10.0 Å². The van der Waals surface area contributed by atoms with Gasteiger partial charge in [0.1, 0.15) is 4.90 Å². The van der Waals surface area contributed by atoms with E-state index in [1.807, 2.05) is 5.38 Å². The number of amides is 1. The summed E-state index contributed by atoms with van der Waals surface area (Å²) in [5, 5.41) is 5.38. The van der Waals surface area contributed by atoms with Crippen molar-refractivity contribution in [3.8, 4) is 0 Å². The van der Waals surface area contributed by atoms with Crippen LogP contribution in [-0.4, -0.2) is 54.7 Å². The smallest absolute Gasteiger partial charge is 0.244 e. The molecule has 1 saturated heterocycles. The number of nitrogens with one attached hydrogen (secondary N) is 1. The standard InChI is InChI=1S/C16H18Cl2N4O3S2/c1-11(23)19-16-20-12(10-26-16)9-21-5-7-22(8-6-21)27(24,25)14-4-2-3-13(17)15(14)18/h2-4,10H,5-9H2,1H3,(H,19,20,23). The SMILES string of the molecule is CC(=O)Nc1nc(CN2CCN(S(=O)(=O)c3cccc(Cl)c3Cl)CC2)cs1. The molecule has 0 unspecified atom stereocenters. The average molecular weight is 449 g/mol. The molecule has 1 amide bonds. The third kappa shape index (κ3) is 4.79. The summed E-state index contributed by atoms with van der Waals surface area (Å²) in [4.78, 5) is 17.6. The summed E-state index contributed by atoms with van der Waals surface area (Å²) in [5.41, 5.74) is 0.845. The van der Waals surface area contributed by atoms with Crippen molar-refractivity contribution in [2.75, 3.05) is 31.5 Å². The van der Waals surface area contributed by atoms with E-state index in [1.54, 1.807) is 12.1 Å². The molecule has 27 heavy (non-hydrogen) atoms. The minimum Gasteiger partial charge on any atom is -0.302 e. The maximum atomic E-state index is 12.8.